The molecule has 3 heteroatoms. The average molecular weight is 225 g/mol. The van der Waals surface area contributed by atoms with Crippen molar-refractivity contribution in [2.45, 2.75) is 51.5 Å². The summed E-state index contributed by atoms with van der Waals surface area (Å²) in [5.74, 6) is 0.0773. The van der Waals surface area contributed by atoms with Crippen LogP contribution in [0.4, 0.5) is 0 Å². The molecule has 0 amide bonds. The number of rotatable bonds is 3. The normalized spacial score (nSPS) is 30.4. The van der Waals surface area contributed by atoms with Crippen LogP contribution in [0.25, 0.3) is 0 Å². The van der Waals surface area contributed by atoms with Gasteiger partial charge in [0.05, 0.1) is 5.92 Å². The SMILES string of the molecule is CC(C1CCCC1)N1CCCC(C(=O)O)C1. The van der Waals surface area contributed by atoms with E-state index in [4.69, 9.17) is 5.11 Å². The molecule has 2 rings (SSSR count). The monoisotopic (exact) mass is 225 g/mol. The molecule has 2 fully saturated rings. The van der Waals surface area contributed by atoms with Gasteiger partial charge in [0.2, 0.25) is 0 Å². The molecule has 92 valence electrons. The van der Waals surface area contributed by atoms with E-state index in [-0.39, 0.29) is 5.92 Å². The average Bonchev–Trinajstić information content (AvgIpc) is 2.81. The maximum Gasteiger partial charge on any atom is 0.307 e. The number of piperidine rings is 1. The summed E-state index contributed by atoms with van der Waals surface area (Å²) in [4.78, 5) is 13.4. The minimum Gasteiger partial charge on any atom is -0.481 e. The molecular weight excluding hydrogens is 202 g/mol. The lowest BCUT2D eigenvalue weighted by atomic mass is 9.92. The van der Waals surface area contributed by atoms with Gasteiger partial charge in [-0.15, -0.1) is 0 Å². The summed E-state index contributed by atoms with van der Waals surface area (Å²) in [6, 6.07) is 0.588. The number of aliphatic carboxylic acids is 1. The fourth-order valence-corrected chi connectivity index (χ4v) is 3.32. The van der Waals surface area contributed by atoms with Crippen molar-refractivity contribution in [1.82, 2.24) is 4.90 Å². The molecule has 1 aliphatic carbocycles. The van der Waals surface area contributed by atoms with Crippen LogP contribution >= 0.6 is 0 Å². The van der Waals surface area contributed by atoms with Crippen LogP contribution in [0.2, 0.25) is 0 Å². The first-order chi connectivity index (χ1) is 7.68. The molecule has 0 radical (unpaired) electrons. The van der Waals surface area contributed by atoms with E-state index in [1.165, 1.54) is 25.7 Å². The first-order valence-corrected chi connectivity index (χ1v) is 6.65. The van der Waals surface area contributed by atoms with Crippen molar-refractivity contribution in [2.75, 3.05) is 13.1 Å². The van der Waals surface area contributed by atoms with Gasteiger partial charge in [-0.2, -0.15) is 0 Å². The Hall–Kier alpha value is -0.570. The van der Waals surface area contributed by atoms with E-state index in [0.717, 1.165) is 31.8 Å². The van der Waals surface area contributed by atoms with Crippen molar-refractivity contribution in [1.29, 1.82) is 0 Å². The third-order valence-corrected chi connectivity index (χ3v) is 4.46. The summed E-state index contributed by atoms with van der Waals surface area (Å²) in [6.45, 7) is 4.16. The van der Waals surface area contributed by atoms with Gasteiger partial charge in [-0.3, -0.25) is 9.69 Å². The van der Waals surface area contributed by atoms with Gasteiger partial charge >= 0.3 is 5.97 Å². The second-order valence-electron chi connectivity index (χ2n) is 5.46. The number of carboxylic acids is 1. The zero-order valence-corrected chi connectivity index (χ0v) is 10.2. The summed E-state index contributed by atoms with van der Waals surface area (Å²) >= 11 is 0. The van der Waals surface area contributed by atoms with Crippen LogP contribution in [-0.4, -0.2) is 35.1 Å². The Bertz CT molecular complexity index is 248. The first-order valence-electron chi connectivity index (χ1n) is 6.65. The lowest BCUT2D eigenvalue weighted by Gasteiger charge is -2.38. The number of hydrogen-bond acceptors (Lipinski definition) is 2. The van der Waals surface area contributed by atoms with Gasteiger partial charge in [0.25, 0.3) is 0 Å². The Balaban J connectivity index is 1.90. The summed E-state index contributed by atoms with van der Waals surface area (Å²) in [5.41, 5.74) is 0. The van der Waals surface area contributed by atoms with Crippen LogP contribution in [0.5, 0.6) is 0 Å². The summed E-state index contributed by atoms with van der Waals surface area (Å²) in [7, 11) is 0. The quantitative estimate of drug-likeness (QED) is 0.801. The van der Waals surface area contributed by atoms with Gasteiger partial charge in [-0.25, -0.2) is 0 Å². The Kier molecular flexibility index (Phi) is 3.85. The molecular formula is C13H23NO2. The molecule has 0 bridgehead atoms. The zero-order chi connectivity index (χ0) is 11.5. The number of nitrogens with zero attached hydrogens (tertiary/aromatic N) is 1. The van der Waals surface area contributed by atoms with Gasteiger partial charge in [-0.05, 0) is 45.1 Å². The lowest BCUT2D eigenvalue weighted by Crippen LogP contribution is -2.46. The standard InChI is InChI=1S/C13H23NO2/c1-10(11-5-2-3-6-11)14-8-4-7-12(9-14)13(15)16/h10-12H,2-9H2,1H3,(H,15,16). The fourth-order valence-electron chi connectivity index (χ4n) is 3.32. The van der Waals surface area contributed by atoms with E-state index in [1.54, 1.807) is 0 Å². The van der Waals surface area contributed by atoms with Crippen LogP contribution in [0.3, 0.4) is 0 Å². The lowest BCUT2D eigenvalue weighted by molar-refractivity contribution is -0.144. The minimum absolute atomic E-state index is 0.127. The van der Waals surface area contributed by atoms with E-state index in [1.807, 2.05) is 0 Å². The largest absolute Gasteiger partial charge is 0.481 e. The highest BCUT2D eigenvalue weighted by atomic mass is 16.4. The third kappa shape index (κ3) is 2.57. The molecule has 16 heavy (non-hydrogen) atoms. The molecule has 1 saturated heterocycles. The smallest absolute Gasteiger partial charge is 0.307 e. The summed E-state index contributed by atoms with van der Waals surface area (Å²) in [5, 5.41) is 9.08. The molecule has 1 N–H and O–H groups in total. The van der Waals surface area contributed by atoms with Crippen LogP contribution in [-0.2, 0) is 4.79 Å². The van der Waals surface area contributed by atoms with Crippen LogP contribution in [0.1, 0.15) is 45.4 Å². The second-order valence-corrected chi connectivity index (χ2v) is 5.46. The molecule has 1 aliphatic heterocycles. The van der Waals surface area contributed by atoms with E-state index >= 15 is 0 Å². The molecule has 2 atom stereocenters. The Morgan fingerprint density at radius 2 is 1.94 bits per heavy atom. The predicted molar refractivity (Wildman–Crippen MR) is 63.4 cm³/mol. The number of hydrogen-bond donors (Lipinski definition) is 1. The number of carbonyl (C=O) groups is 1. The van der Waals surface area contributed by atoms with Crippen molar-refractivity contribution in [3.8, 4) is 0 Å². The van der Waals surface area contributed by atoms with E-state index in [0.29, 0.717) is 6.04 Å². The Morgan fingerprint density at radius 3 is 2.56 bits per heavy atom. The Labute approximate surface area is 97.8 Å². The van der Waals surface area contributed by atoms with Gasteiger partial charge < -0.3 is 5.11 Å². The van der Waals surface area contributed by atoms with Crippen molar-refractivity contribution < 1.29 is 9.90 Å². The molecule has 3 nitrogen and oxygen atoms in total. The van der Waals surface area contributed by atoms with Gasteiger partial charge in [0.15, 0.2) is 0 Å². The summed E-state index contributed by atoms with van der Waals surface area (Å²) < 4.78 is 0. The topological polar surface area (TPSA) is 40.5 Å². The maximum absolute atomic E-state index is 11.0. The third-order valence-electron chi connectivity index (χ3n) is 4.46. The summed E-state index contributed by atoms with van der Waals surface area (Å²) in [6.07, 6.45) is 7.33. The second kappa shape index (κ2) is 5.17. The predicted octanol–water partition coefficient (Wildman–Crippen LogP) is 2.36. The van der Waals surface area contributed by atoms with Crippen molar-refractivity contribution >= 4 is 5.97 Å². The zero-order valence-electron chi connectivity index (χ0n) is 10.2. The number of likely N-dealkylation sites (tertiary alicyclic amines) is 1. The highest BCUT2D eigenvalue weighted by Crippen LogP contribution is 2.32. The molecule has 2 aliphatic rings. The van der Waals surface area contributed by atoms with Crippen LogP contribution in [0.15, 0.2) is 0 Å². The van der Waals surface area contributed by atoms with Gasteiger partial charge in [0, 0.05) is 12.6 Å². The van der Waals surface area contributed by atoms with Crippen molar-refractivity contribution in [2.24, 2.45) is 11.8 Å². The molecule has 1 heterocycles. The van der Waals surface area contributed by atoms with E-state index < -0.39 is 5.97 Å². The first kappa shape index (κ1) is 11.9. The fraction of sp³-hybridized carbons (Fsp3) is 0.923. The van der Waals surface area contributed by atoms with E-state index in [9.17, 15) is 4.79 Å². The van der Waals surface area contributed by atoms with E-state index in [2.05, 4.69) is 11.8 Å². The molecule has 2 unspecified atom stereocenters. The van der Waals surface area contributed by atoms with Crippen LogP contribution in [0, 0.1) is 11.8 Å². The highest BCUT2D eigenvalue weighted by molar-refractivity contribution is 5.70. The highest BCUT2D eigenvalue weighted by Gasteiger charge is 2.32. The molecule has 1 saturated carbocycles. The van der Waals surface area contributed by atoms with Crippen molar-refractivity contribution in [3.63, 3.8) is 0 Å². The Morgan fingerprint density at radius 1 is 1.25 bits per heavy atom. The van der Waals surface area contributed by atoms with Crippen LogP contribution < -0.4 is 0 Å². The van der Waals surface area contributed by atoms with Gasteiger partial charge in [0.1, 0.15) is 0 Å². The number of carboxylic acid groups (broad SMARTS) is 1. The molecule has 0 aromatic rings. The molecule has 0 spiro atoms. The van der Waals surface area contributed by atoms with Crippen molar-refractivity contribution in [3.05, 3.63) is 0 Å². The molecule has 0 aromatic carbocycles. The minimum atomic E-state index is -0.608. The maximum atomic E-state index is 11.0. The molecule has 0 aromatic heterocycles. The van der Waals surface area contributed by atoms with Gasteiger partial charge in [-0.1, -0.05) is 12.8 Å².